The molecule has 0 saturated carbocycles. The van der Waals surface area contributed by atoms with Gasteiger partial charge in [-0.15, -0.1) is 0 Å². The SMILES string of the molecule is O=c1[nH]cc(CN2C[C@H](COP(=O)(O)O)[C@@H](O)C2)cc1CO. The molecule has 0 aromatic carbocycles. The van der Waals surface area contributed by atoms with E-state index in [0.717, 1.165) is 5.56 Å². The van der Waals surface area contributed by atoms with Gasteiger partial charge in [0.05, 0.1) is 19.3 Å². The number of hydrogen-bond acceptors (Lipinski definition) is 6. The Morgan fingerprint density at radius 2 is 2.14 bits per heavy atom. The second-order valence-electron chi connectivity index (χ2n) is 5.33. The third-order valence-corrected chi connectivity index (χ3v) is 4.04. The highest BCUT2D eigenvalue weighted by atomic mass is 31.2. The Morgan fingerprint density at radius 3 is 2.77 bits per heavy atom. The van der Waals surface area contributed by atoms with Gasteiger partial charge in [-0.25, -0.2) is 4.57 Å². The van der Waals surface area contributed by atoms with Gasteiger partial charge >= 0.3 is 7.82 Å². The van der Waals surface area contributed by atoms with Crippen LogP contribution in [0.15, 0.2) is 17.1 Å². The lowest BCUT2D eigenvalue weighted by Crippen LogP contribution is -2.22. The van der Waals surface area contributed by atoms with E-state index in [1.807, 2.05) is 4.90 Å². The number of rotatable bonds is 6. The standard InChI is InChI=1S/C12H19N2O7P/c15-6-9-1-8(2-13-12(9)17)3-14-4-10(11(16)5-14)7-21-22(18,19)20/h1-2,10-11,15-16H,3-7H2,(H,13,17)(H2,18,19,20)/t10-,11+/m1/s1. The zero-order valence-electron chi connectivity index (χ0n) is 11.8. The number of likely N-dealkylation sites (tertiary alicyclic amines) is 1. The van der Waals surface area contributed by atoms with Crippen molar-refractivity contribution in [2.75, 3.05) is 19.7 Å². The fourth-order valence-corrected chi connectivity index (χ4v) is 2.86. The molecule has 10 heteroatoms. The molecule has 0 unspecified atom stereocenters. The van der Waals surface area contributed by atoms with Crippen LogP contribution in [0.5, 0.6) is 0 Å². The van der Waals surface area contributed by atoms with Crippen molar-refractivity contribution in [1.29, 1.82) is 0 Å². The molecule has 1 fully saturated rings. The average Bonchev–Trinajstić information content (AvgIpc) is 2.78. The monoisotopic (exact) mass is 334 g/mol. The van der Waals surface area contributed by atoms with Crippen molar-refractivity contribution in [2.45, 2.75) is 19.3 Å². The van der Waals surface area contributed by atoms with Gasteiger partial charge in [0.1, 0.15) is 0 Å². The van der Waals surface area contributed by atoms with Crippen LogP contribution < -0.4 is 5.56 Å². The van der Waals surface area contributed by atoms with E-state index in [1.54, 1.807) is 6.07 Å². The average molecular weight is 334 g/mol. The predicted octanol–water partition coefficient (Wildman–Crippen LogP) is -1.23. The summed E-state index contributed by atoms with van der Waals surface area (Å²) in [5.74, 6) is -0.396. The normalized spacial score (nSPS) is 23.1. The van der Waals surface area contributed by atoms with E-state index in [9.17, 15) is 14.5 Å². The molecule has 1 aliphatic rings. The number of phosphoric ester groups is 1. The molecule has 2 rings (SSSR count). The summed E-state index contributed by atoms with van der Waals surface area (Å²) >= 11 is 0. The van der Waals surface area contributed by atoms with Crippen LogP contribution in [0.25, 0.3) is 0 Å². The van der Waals surface area contributed by atoms with E-state index in [0.29, 0.717) is 19.6 Å². The number of hydrogen-bond donors (Lipinski definition) is 5. The lowest BCUT2D eigenvalue weighted by atomic mass is 10.1. The second kappa shape index (κ2) is 7.01. The zero-order valence-corrected chi connectivity index (χ0v) is 12.6. The topological polar surface area (TPSA) is 143 Å². The number of aliphatic hydroxyl groups is 2. The number of nitrogens with zero attached hydrogens (tertiary/aromatic N) is 1. The van der Waals surface area contributed by atoms with Crippen molar-refractivity contribution < 1.29 is 29.1 Å². The van der Waals surface area contributed by atoms with Crippen LogP contribution >= 0.6 is 7.82 Å². The first-order valence-corrected chi connectivity index (χ1v) is 8.23. The highest BCUT2D eigenvalue weighted by Gasteiger charge is 2.33. The van der Waals surface area contributed by atoms with Crippen LogP contribution in [0.1, 0.15) is 11.1 Å². The van der Waals surface area contributed by atoms with E-state index in [2.05, 4.69) is 9.51 Å². The molecule has 0 aliphatic carbocycles. The number of pyridine rings is 1. The molecule has 2 atom stereocenters. The molecule has 0 radical (unpaired) electrons. The van der Waals surface area contributed by atoms with Crippen LogP contribution in [0.2, 0.25) is 0 Å². The molecular weight excluding hydrogens is 315 g/mol. The Hall–Kier alpha value is -1.06. The highest BCUT2D eigenvalue weighted by Crippen LogP contribution is 2.37. The summed E-state index contributed by atoms with van der Waals surface area (Å²) < 4.78 is 15.1. The number of aromatic nitrogens is 1. The lowest BCUT2D eigenvalue weighted by Gasteiger charge is -2.16. The van der Waals surface area contributed by atoms with Crippen molar-refractivity contribution >= 4 is 7.82 Å². The maximum absolute atomic E-state index is 11.4. The summed E-state index contributed by atoms with van der Waals surface area (Å²) in [5.41, 5.74) is 0.687. The fourth-order valence-electron chi connectivity index (χ4n) is 2.48. The van der Waals surface area contributed by atoms with E-state index in [1.165, 1.54) is 6.20 Å². The Morgan fingerprint density at radius 1 is 1.41 bits per heavy atom. The molecule has 9 nitrogen and oxygen atoms in total. The maximum Gasteiger partial charge on any atom is 0.469 e. The van der Waals surface area contributed by atoms with E-state index >= 15 is 0 Å². The molecular formula is C12H19N2O7P. The summed E-state index contributed by atoms with van der Waals surface area (Å²) in [6.07, 6.45) is 0.791. The van der Waals surface area contributed by atoms with Gasteiger partial charge in [-0.05, 0) is 11.6 Å². The second-order valence-corrected chi connectivity index (χ2v) is 6.57. The molecule has 1 aliphatic heterocycles. The number of aliphatic hydroxyl groups excluding tert-OH is 2. The number of aromatic amines is 1. The Labute approximate surface area is 126 Å². The van der Waals surface area contributed by atoms with Gasteiger partial charge in [-0.2, -0.15) is 0 Å². The number of H-pyrrole nitrogens is 1. The van der Waals surface area contributed by atoms with Crippen LogP contribution in [-0.4, -0.2) is 55.7 Å². The summed E-state index contributed by atoms with van der Waals surface area (Å²) in [7, 11) is -4.54. The van der Waals surface area contributed by atoms with Crippen molar-refractivity contribution in [3.8, 4) is 0 Å². The molecule has 5 N–H and O–H groups in total. The van der Waals surface area contributed by atoms with Gasteiger partial charge in [0.15, 0.2) is 0 Å². The van der Waals surface area contributed by atoms with Crippen molar-refractivity contribution in [3.63, 3.8) is 0 Å². The van der Waals surface area contributed by atoms with Crippen LogP contribution in [0.3, 0.4) is 0 Å². The molecule has 1 aromatic heterocycles. The fraction of sp³-hybridized carbons (Fsp3) is 0.583. The third kappa shape index (κ3) is 4.72. The van der Waals surface area contributed by atoms with E-state index < -0.39 is 19.8 Å². The largest absolute Gasteiger partial charge is 0.469 e. The van der Waals surface area contributed by atoms with Gasteiger partial charge in [0, 0.05) is 37.3 Å². The molecule has 0 spiro atoms. The zero-order chi connectivity index (χ0) is 16.3. The molecule has 1 aromatic rings. The van der Waals surface area contributed by atoms with Crippen molar-refractivity contribution in [1.82, 2.24) is 9.88 Å². The number of phosphoric acid groups is 1. The molecule has 124 valence electrons. The Balaban J connectivity index is 1.95. The van der Waals surface area contributed by atoms with Crippen LogP contribution in [0, 0.1) is 5.92 Å². The maximum atomic E-state index is 11.4. The van der Waals surface area contributed by atoms with E-state index in [-0.39, 0.29) is 24.3 Å². The van der Waals surface area contributed by atoms with Gasteiger partial charge in [-0.1, -0.05) is 0 Å². The van der Waals surface area contributed by atoms with Crippen LogP contribution in [0.4, 0.5) is 0 Å². The molecule has 0 amide bonds. The van der Waals surface area contributed by atoms with Crippen molar-refractivity contribution in [2.24, 2.45) is 5.92 Å². The first-order valence-electron chi connectivity index (χ1n) is 6.70. The van der Waals surface area contributed by atoms with Crippen LogP contribution in [-0.2, 0) is 22.2 Å². The Kier molecular flexibility index (Phi) is 5.51. The van der Waals surface area contributed by atoms with Crippen molar-refractivity contribution in [3.05, 3.63) is 33.7 Å². The lowest BCUT2D eigenvalue weighted by molar-refractivity contribution is 0.0953. The van der Waals surface area contributed by atoms with Gasteiger partial charge < -0.3 is 25.0 Å². The summed E-state index contributed by atoms with van der Waals surface area (Å²) in [6.45, 7) is 0.602. The summed E-state index contributed by atoms with van der Waals surface area (Å²) in [5, 5.41) is 19.0. The number of β-amino-alcohol motifs (C(OH)–C–C–N with tert-alkyl or cyclic N) is 1. The first-order chi connectivity index (χ1) is 10.3. The smallest absolute Gasteiger partial charge is 0.391 e. The summed E-state index contributed by atoms with van der Waals surface area (Å²) in [4.78, 5) is 33.1. The predicted molar refractivity (Wildman–Crippen MR) is 75.8 cm³/mol. The first kappa shape index (κ1) is 17.3. The molecule has 22 heavy (non-hydrogen) atoms. The quantitative estimate of drug-likeness (QED) is 0.407. The molecule has 0 bridgehead atoms. The van der Waals surface area contributed by atoms with Gasteiger partial charge in [0.2, 0.25) is 0 Å². The van der Waals surface area contributed by atoms with Gasteiger partial charge in [-0.3, -0.25) is 14.2 Å². The minimum absolute atomic E-state index is 0.227. The summed E-state index contributed by atoms with van der Waals surface area (Å²) in [6, 6.07) is 1.59. The molecule has 2 heterocycles. The van der Waals surface area contributed by atoms with E-state index in [4.69, 9.17) is 14.9 Å². The molecule has 1 saturated heterocycles. The van der Waals surface area contributed by atoms with Gasteiger partial charge in [0.25, 0.3) is 5.56 Å². The minimum atomic E-state index is -4.54. The number of nitrogens with one attached hydrogen (secondary N) is 1. The minimum Gasteiger partial charge on any atom is -0.391 e. The Bertz CT molecular complexity index is 614. The third-order valence-electron chi connectivity index (χ3n) is 3.56. The highest BCUT2D eigenvalue weighted by molar-refractivity contribution is 7.46.